The summed E-state index contributed by atoms with van der Waals surface area (Å²) < 4.78 is 0.428. The molecule has 0 aliphatic rings. The van der Waals surface area contributed by atoms with E-state index in [4.69, 9.17) is 18.0 Å². The SMILES string of the molecule is Nc1[nH]c(=S)ncc1Cc1cccs1. The quantitative estimate of drug-likeness (QED) is 0.768. The molecule has 0 amide bonds. The lowest BCUT2D eigenvalue weighted by atomic mass is 10.2. The Morgan fingerprint density at radius 2 is 2.43 bits per heavy atom. The van der Waals surface area contributed by atoms with Gasteiger partial charge < -0.3 is 10.7 Å². The third-order valence-corrected chi connectivity index (χ3v) is 2.95. The van der Waals surface area contributed by atoms with Crippen molar-refractivity contribution < 1.29 is 0 Å². The lowest BCUT2D eigenvalue weighted by molar-refractivity contribution is 1.07. The maximum atomic E-state index is 5.78. The average molecular weight is 223 g/mol. The van der Waals surface area contributed by atoms with Crippen LogP contribution in [0.4, 0.5) is 5.82 Å². The minimum atomic E-state index is 0.428. The summed E-state index contributed by atoms with van der Waals surface area (Å²) in [4.78, 5) is 8.11. The van der Waals surface area contributed by atoms with Gasteiger partial charge in [0.15, 0.2) is 4.77 Å². The number of rotatable bonds is 2. The smallest absolute Gasteiger partial charge is 0.198 e. The van der Waals surface area contributed by atoms with Gasteiger partial charge in [0, 0.05) is 23.1 Å². The van der Waals surface area contributed by atoms with Crippen LogP contribution in [0.5, 0.6) is 0 Å². The second-order valence-electron chi connectivity index (χ2n) is 2.88. The number of H-pyrrole nitrogens is 1. The third-order valence-electron chi connectivity index (χ3n) is 1.87. The number of aromatic nitrogens is 2. The van der Waals surface area contributed by atoms with E-state index in [-0.39, 0.29) is 0 Å². The number of aromatic amines is 1. The number of nitrogen functional groups attached to an aromatic ring is 1. The highest BCUT2D eigenvalue weighted by Crippen LogP contribution is 2.16. The molecule has 0 atom stereocenters. The van der Waals surface area contributed by atoms with Gasteiger partial charge in [0.1, 0.15) is 5.82 Å². The summed E-state index contributed by atoms with van der Waals surface area (Å²) in [6.07, 6.45) is 2.54. The second-order valence-corrected chi connectivity index (χ2v) is 4.30. The molecule has 0 aliphatic heterocycles. The first-order chi connectivity index (χ1) is 6.75. The fourth-order valence-corrected chi connectivity index (χ4v) is 2.07. The highest BCUT2D eigenvalue weighted by Gasteiger charge is 2.01. The molecule has 72 valence electrons. The van der Waals surface area contributed by atoms with Crippen LogP contribution in [0.2, 0.25) is 0 Å². The number of anilines is 1. The summed E-state index contributed by atoms with van der Waals surface area (Å²) in [5.41, 5.74) is 6.77. The molecule has 3 nitrogen and oxygen atoms in total. The predicted octanol–water partition coefficient (Wildman–Crippen LogP) is 2.37. The van der Waals surface area contributed by atoms with Crippen LogP contribution in [0.1, 0.15) is 10.4 Å². The van der Waals surface area contributed by atoms with Crippen LogP contribution in [0.25, 0.3) is 0 Å². The average Bonchev–Trinajstić information content (AvgIpc) is 2.62. The van der Waals surface area contributed by atoms with Crippen LogP contribution in [-0.4, -0.2) is 9.97 Å². The van der Waals surface area contributed by atoms with Crippen molar-refractivity contribution in [2.45, 2.75) is 6.42 Å². The van der Waals surface area contributed by atoms with Crippen molar-refractivity contribution in [2.24, 2.45) is 0 Å². The number of nitrogens with zero attached hydrogens (tertiary/aromatic N) is 1. The third kappa shape index (κ3) is 2.00. The Morgan fingerprint density at radius 3 is 3.07 bits per heavy atom. The molecule has 0 unspecified atom stereocenters. The van der Waals surface area contributed by atoms with Crippen LogP contribution < -0.4 is 5.73 Å². The Hall–Kier alpha value is -1.20. The molecular weight excluding hydrogens is 214 g/mol. The standard InChI is InChI=1S/C9H9N3S2/c10-8-6(5-11-9(13)12-8)4-7-2-1-3-14-7/h1-3,5H,4H2,(H3,10,11,12,13). The van der Waals surface area contributed by atoms with Crippen LogP contribution in [0.3, 0.4) is 0 Å². The Kier molecular flexibility index (Phi) is 2.60. The lowest BCUT2D eigenvalue weighted by Crippen LogP contribution is -1.99. The van der Waals surface area contributed by atoms with E-state index in [1.807, 2.05) is 11.4 Å². The molecule has 2 aromatic heterocycles. The molecule has 0 spiro atoms. The van der Waals surface area contributed by atoms with Crippen molar-refractivity contribution in [1.29, 1.82) is 0 Å². The molecule has 0 fully saturated rings. The number of thiophene rings is 1. The maximum Gasteiger partial charge on any atom is 0.198 e. The summed E-state index contributed by atoms with van der Waals surface area (Å²) in [5.74, 6) is 0.610. The van der Waals surface area contributed by atoms with Gasteiger partial charge >= 0.3 is 0 Å². The fraction of sp³-hybridized carbons (Fsp3) is 0.111. The highest BCUT2D eigenvalue weighted by molar-refractivity contribution is 7.71. The zero-order chi connectivity index (χ0) is 9.97. The molecule has 0 saturated heterocycles. The highest BCUT2D eigenvalue weighted by atomic mass is 32.1. The van der Waals surface area contributed by atoms with Gasteiger partial charge in [-0.1, -0.05) is 6.07 Å². The molecule has 0 aromatic carbocycles. The van der Waals surface area contributed by atoms with Crippen LogP contribution >= 0.6 is 23.6 Å². The first kappa shape index (κ1) is 9.36. The van der Waals surface area contributed by atoms with Gasteiger partial charge in [-0.25, -0.2) is 4.98 Å². The van der Waals surface area contributed by atoms with Crippen molar-refractivity contribution in [3.63, 3.8) is 0 Å². The molecule has 5 heteroatoms. The molecular formula is C9H9N3S2. The molecule has 14 heavy (non-hydrogen) atoms. The Balaban J connectivity index is 2.30. The van der Waals surface area contributed by atoms with E-state index in [9.17, 15) is 0 Å². The Labute approximate surface area is 90.6 Å². The molecule has 2 rings (SSSR count). The van der Waals surface area contributed by atoms with E-state index in [1.165, 1.54) is 4.88 Å². The van der Waals surface area contributed by atoms with E-state index < -0.39 is 0 Å². The van der Waals surface area contributed by atoms with Gasteiger partial charge in [-0.05, 0) is 23.7 Å². The van der Waals surface area contributed by atoms with E-state index in [2.05, 4.69) is 16.0 Å². The topological polar surface area (TPSA) is 54.7 Å². The first-order valence-corrected chi connectivity index (χ1v) is 5.40. The van der Waals surface area contributed by atoms with Gasteiger partial charge in [0.05, 0.1) is 0 Å². The second kappa shape index (κ2) is 3.89. The fourth-order valence-electron chi connectivity index (χ4n) is 1.18. The van der Waals surface area contributed by atoms with Gasteiger partial charge in [0.25, 0.3) is 0 Å². The predicted molar refractivity (Wildman–Crippen MR) is 61.0 cm³/mol. The van der Waals surface area contributed by atoms with E-state index in [0.29, 0.717) is 10.6 Å². The summed E-state index contributed by atoms with van der Waals surface area (Å²) in [7, 11) is 0. The molecule has 2 heterocycles. The maximum absolute atomic E-state index is 5.78. The van der Waals surface area contributed by atoms with Crippen molar-refractivity contribution in [2.75, 3.05) is 5.73 Å². The zero-order valence-electron chi connectivity index (χ0n) is 7.36. The van der Waals surface area contributed by atoms with E-state index in [0.717, 1.165) is 12.0 Å². The molecule has 2 aromatic rings. The summed E-state index contributed by atoms with van der Waals surface area (Å²) in [6, 6.07) is 4.10. The summed E-state index contributed by atoms with van der Waals surface area (Å²) >= 11 is 6.57. The molecule has 0 saturated carbocycles. The molecule has 3 N–H and O–H groups in total. The van der Waals surface area contributed by atoms with E-state index >= 15 is 0 Å². The van der Waals surface area contributed by atoms with Crippen LogP contribution in [0.15, 0.2) is 23.7 Å². The van der Waals surface area contributed by atoms with Gasteiger partial charge in [-0.2, -0.15) is 0 Å². The monoisotopic (exact) mass is 223 g/mol. The number of hydrogen-bond donors (Lipinski definition) is 2. The van der Waals surface area contributed by atoms with Crippen molar-refractivity contribution >= 4 is 29.4 Å². The van der Waals surface area contributed by atoms with Crippen molar-refractivity contribution in [1.82, 2.24) is 9.97 Å². The zero-order valence-corrected chi connectivity index (χ0v) is 8.99. The number of hydrogen-bond acceptors (Lipinski definition) is 4. The van der Waals surface area contributed by atoms with Gasteiger partial charge in [0.2, 0.25) is 0 Å². The lowest BCUT2D eigenvalue weighted by Gasteiger charge is -2.02. The largest absolute Gasteiger partial charge is 0.385 e. The van der Waals surface area contributed by atoms with E-state index in [1.54, 1.807) is 17.5 Å². The number of nitrogens with one attached hydrogen (secondary N) is 1. The summed E-state index contributed by atoms with van der Waals surface area (Å²) in [5, 5.41) is 2.05. The molecule has 0 aliphatic carbocycles. The van der Waals surface area contributed by atoms with Crippen molar-refractivity contribution in [3.05, 3.63) is 38.9 Å². The van der Waals surface area contributed by atoms with Gasteiger partial charge in [-0.3, -0.25) is 0 Å². The van der Waals surface area contributed by atoms with Crippen molar-refractivity contribution in [3.8, 4) is 0 Å². The molecule has 0 radical (unpaired) electrons. The normalized spacial score (nSPS) is 10.3. The first-order valence-electron chi connectivity index (χ1n) is 4.12. The summed E-state index contributed by atoms with van der Waals surface area (Å²) in [6.45, 7) is 0. The minimum Gasteiger partial charge on any atom is -0.385 e. The Bertz CT molecular complexity index is 473. The Morgan fingerprint density at radius 1 is 1.57 bits per heavy atom. The number of nitrogens with two attached hydrogens (primary N) is 1. The van der Waals surface area contributed by atoms with Gasteiger partial charge in [-0.15, -0.1) is 11.3 Å². The van der Waals surface area contributed by atoms with Crippen LogP contribution in [0, 0.1) is 4.77 Å². The molecule has 0 bridgehead atoms. The van der Waals surface area contributed by atoms with Crippen LogP contribution in [-0.2, 0) is 6.42 Å². The minimum absolute atomic E-state index is 0.428.